The predicted molar refractivity (Wildman–Crippen MR) is 117 cm³/mol. The largest absolute Gasteiger partial charge is 0.456 e. The number of benzene rings is 2. The van der Waals surface area contributed by atoms with Crippen LogP contribution in [-0.2, 0) is 9.59 Å². The molecule has 4 rings (SSSR count). The van der Waals surface area contributed by atoms with Crippen LogP contribution in [-0.4, -0.2) is 34.8 Å². The maximum absolute atomic E-state index is 12.9. The number of para-hydroxylation sites is 1. The van der Waals surface area contributed by atoms with Gasteiger partial charge in [-0.05, 0) is 49.2 Å². The Morgan fingerprint density at radius 2 is 1.71 bits per heavy atom. The summed E-state index contributed by atoms with van der Waals surface area (Å²) in [5, 5.41) is 6.07. The summed E-state index contributed by atoms with van der Waals surface area (Å²) in [6.45, 7) is -0.315. The Hall–Kier alpha value is -3.06. The Labute approximate surface area is 185 Å². The molecule has 162 valence electrons. The fraction of sp³-hybridized carbons (Fsp3) is 0.348. The number of hydrogen-bond donors (Lipinski definition) is 2. The third kappa shape index (κ3) is 4.66. The van der Waals surface area contributed by atoms with E-state index in [1.807, 2.05) is 12.1 Å². The number of amides is 4. The minimum Gasteiger partial charge on any atom is -0.456 e. The van der Waals surface area contributed by atoms with Crippen LogP contribution < -0.4 is 15.4 Å². The molecule has 2 aromatic carbocycles. The van der Waals surface area contributed by atoms with E-state index in [0.717, 1.165) is 30.6 Å². The highest BCUT2D eigenvalue weighted by molar-refractivity contribution is 6.32. The van der Waals surface area contributed by atoms with Gasteiger partial charge < -0.3 is 15.4 Å². The van der Waals surface area contributed by atoms with Gasteiger partial charge in [0.25, 0.3) is 5.91 Å². The van der Waals surface area contributed by atoms with Crippen molar-refractivity contribution in [3.05, 3.63) is 53.6 Å². The monoisotopic (exact) mass is 441 g/mol. The zero-order valence-corrected chi connectivity index (χ0v) is 17.8. The second-order valence-corrected chi connectivity index (χ2v) is 8.33. The molecule has 0 radical (unpaired) electrons. The predicted octanol–water partition coefficient (Wildman–Crippen LogP) is 4.72. The molecule has 0 bridgehead atoms. The van der Waals surface area contributed by atoms with Gasteiger partial charge in [-0.1, -0.05) is 49.4 Å². The molecule has 1 saturated heterocycles. The van der Waals surface area contributed by atoms with Crippen molar-refractivity contribution < 1.29 is 19.1 Å². The lowest BCUT2D eigenvalue weighted by Gasteiger charge is -2.24. The summed E-state index contributed by atoms with van der Waals surface area (Å²) in [4.78, 5) is 38.8. The quantitative estimate of drug-likeness (QED) is 0.657. The molecule has 1 aliphatic heterocycles. The first kappa shape index (κ1) is 21.2. The Morgan fingerprint density at radius 3 is 2.39 bits per heavy atom. The van der Waals surface area contributed by atoms with E-state index in [0.29, 0.717) is 35.1 Å². The van der Waals surface area contributed by atoms with Crippen LogP contribution in [0.2, 0.25) is 5.02 Å². The highest BCUT2D eigenvalue weighted by Gasteiger charge is 2.51. The van der Waals surface area contributed by atoms with Gasteiger partial charge in [-0.3, -0.25) is 14.5 Å². The van der Waals surface area contributed by atoms with Crippen molar-refractivity contribution in [2.75, 3.05) is 11.9 Å². The topological polar surface area (TPSA) is 87.7 Å². The molecule has 8 heteroatoms. The smallest absolute Gasteiger partial charge is 0.325 e. The molecular weight excluding hydrogens is 418 g/mol. The summed E-state index contributed by atoms with van der Waals surface area (Å²) in [6.07, 6.45) is 5.16. The Morgan fingerprint density at radius 1 is 1.03 bits per heavy atom. The summed E-state index contributed by atoms with van der Waals surface area (Å²) in [7, 11) is 0. The summed E-state index contributed by atoms with van der Waals surface area (Å²) >= 11 is 6.09. The van der Waals surface area contributed by atoms with Crippen LogP contribution >= 0.6 is 11.6 Å². The number of urea groups is 1. The van der Waals surface area contributed by atoms with Crippen molar-refractivity contribution >= 4 is 35.1 Å². The number of ether oxygens (including phenoxy) is 1. The fourth-order valence-electron chi connectivity index (χ4n) is 4.10. The van der Waals surface area contributed by atoms with E-state index in [-0.39, 0.29) is 12.5 Å². The number of rotatable bonds is 5. The minimum atomic E-state index is -0.842. The molecule has 0 atom stereocenters. The van der Waals surface area contributed by atoms with Gasteiger partial charge in [-0.25, -0.2) is 4.79 Å². The molecule has 1 heterocycles. The maximum atomic E-state index is 12.9. The van der Waals surface area contributed by atoms with Crippen LogP contribution in [0.3, 0.4) is 0 Å². The molecular formula is C23H24ClN3O4. The number of nitrogens with one attached hydrogen (secondary N) is 2. The molecule has 1 aliphatic carbocycles. The van der Waals surface area contributed by atoms with Gasteiger partial charge in [0.2, 0.25) is 5.91 Å². The van der Waals surface area contributed by atoms with Crippen molar-refractivity contribution in [1.29, 1.82) is 0 Å². The van der Waals surface area contributed by atoms with Crippen LogP contribution in [0, 0.1) is 0 Å². The average molecular weight is 442 g/mol. The summed E-state index contributed by atoms with van der Waals surface area (Å²) in [5.41, 5.74) is -0.307. The maximum Gasteiger partial charge on any atom is 0.325 e. The minimum absolute atomic E-state index is 0.293. The SMILES string of the molecule is O=C(CN1C(=O)NC2(CCCCCC2)C1=O)Nc1ccc(Oc2ccccc2Cl)cc1. The molecule has 4 amide bonds. The number of nitrogens with zero attached hydrogens (tertiary/aromatic N) is 1. The van der Waals surface area contributed by atoms with E-state index in [1.54, 1.807) is 36.4 Å². The summed E-state index contributed by atoms with van der Waals surface area (Å²) in [5.74, 6) is 0.370. The second-order valence-electron chi connectivity index (χ2n) is 7.92. The van der Waals surface area contributed by atoms with Gasteiger partial charge in [0.05, 0.1) is 5.02 Å². The summed E-state index contributed by atoms with van der Waals surface area (Å²) in [6, 6.07) is 13.4. The van der Waals surface area contributed by atoms with Crippen molar-refractivity contribution in [2.24, 2.45) is 0 Å². The van der Waals surface area contributed by atoms with Gasteiger partial charge in [-0.2, -0.15) is 0 Å². The van der Waals surface area contributed by atoms with Gasteiger partial charge in [0.1, 0.15) is 23.6 Å². The van der Waals surface area contributed by atoms with Gasteiger partial charge in [-0.15, -0.1) is 0 Å². The highest BCUT2D eigenvalue weighted by atomic mass is 35.5. The number of imide groups is 1. The molecule has 1 spiro atoms. The lowest BCUT2D eigenvalue weighted by Crippen LogP contribution is -2.47. The van der Waals surface area contributed by atoms with Crippen LogP contribution in [0.1, 0.15) is 38.5 Å². The van der Waals surface area contributed by atoms with E-state index < -0.39 is 17.5 Å². The van der Waals surface area contributed by atoms with Crippen LogP contribution in [0.5, 0.6) is 11.5 Å². The average Bonchev–Trinajstić information content (AvgIpc) is 2.91. The molecule has 31 heavy (non-hydrogen) atoms. The molecule has 2 aromatic rings. The van der Waals surface area contributed by atoms with E-state index in [1.165, 1.54) is 0 Å². The number of anilines is 1. The van der Waals surface area contributed by atoms with Crippen molar-refractivity contribution in [3.63, 3.8) is 0 Å². The first-order chi connectivity index (χ1) is 15.0. The molecule has 2 fully saturated rings. The Balaban J connectivity index is 1.36. The van der Waals surface area contributed by atoms with Gasteiger partial charge in [0.15, 0.2) is 0 Å². The highest BCUT2D eigenvalue weighted by Crippen LogP contribution is 2.33. The standard InChI is InChI=1S/C23H24ClN3O4/c24-18-7-3-4-8-19(18)31-17-11-9-16(10-12-17)25-20(28)15-27-21(29)23(26-22(27)30)13-5-1-2-6-14-23/h3-4,7-12H,1-2,5-6,13-15H2,(H,25,28)(H,26,30). The van der Waals surface area contributed by atoms with Crippen LogP contribution in [0.25, 0.3) is 0 Å². The van der Waals surface area contributed by atoms with Gasteiger partial charge >= 0.3 is 6.03 Å². The molecule has 2 N–H and O–H groups in total. The normalized spacial score (nSPS) is 17.9. The Kier molecular flexibility index (Phi) is 6.13. The first-order valence-corrected chi connectivity index (χ1v) is 10.8. The third-order valence-corrected chi connectivity index (χ3v) is 6.02. The van der Waals surface area contributed by atoms with Crippen LogP contribution in [0.4, 0.5) is 10.5 Å². The fourth-order valence-corrected chi connectivity index (χ4v) is 4.27. The number of halogens is 1. The van der Waals surface area contributed by atoms with Crippen molar-refractivity contribution in [1.82, 2.24) is 10.2 Å². The molecule has 0 aromatic heterocycles. The van der Waals surface area contributed by atoms with E-state index in [2.05, 4.69) is 10.6 Å². The lowest BCUT2D eigenvalue weighted by molar-refractivity contribution is -0.134. The van der Waals surface area contributed by atoms with E-state index in [4.69, 9.17) is 16.3 Å². The molecule has 7 nitrogen and oxygen atoms in total. The van der Waals surface area contributed by atoms with E-state index in [9.17, 15) is 14.4 Å². The zero-order valence-electron chi connectivity index (χ0n) is 17.0. The van der Waals surface area contributed by atoms with Crippen LogP contribution in [0.15, 0.2) is 48.5 Å². The molecule has 1 saturated carbocycles. The van der Waals surface area contributed by atoms with Crippen molar-refractivity contribution in [3.8, 4) is 11.5 Å². The first-order valence-electron chi connectivity index (χ1n) is 10.4. The second kappa shape index (κ2) is 8.98. The number of hydrogen-bond acceptors (Lipinski definition) is 4. The molecule has 0 unspecified atom stereocenters. The lowest BCUT2D eigenvalue weighted by atomic mass is 9.90. The van der Waals surface area contributed by atoms with Gasteiger partial charge in [0, 0.05) is 5.69 Å². The molecule has 2 aliphatic rings. The number of carbonyl (C=O) groups is 3. The number of carbonyl (C=O) groups excluding carboxylic acids is 3. The Bertz CT molecular complexity index is 985. The summed E-state index contributed by atoms with van der Waals surface area (Å²) < 4.78 is 5.73. The van der Waals surface area contributed by atoms with Crippen molar-refractivity contribution in [2.45, 2.75) is 44.1 Å². The third-order valence-electron chi connectivity index (χ3n) is 5.71. The van der Waals surface area contributed by atoms with E-state index >= 15 is 0 Å². The zero-order chi connectivity index (χ0) is 21.8.